The summed E-state index contributed by atoms with van der Waals surface area (Å²) in [4.78, 5) is 27.6. The molecule has 0 amide bonds. The lowest BCUT2D eigenvalue weighted by Gasteiger charge is -2.19. The van der Waals surface area contributed by atoms with Gasteiger partial charge in [0.2, 0.25) is 0 Å². The molecule has 6 aromatic rings. The van der Waals surface area contributed by atoms with E-state index in [1.807, 2.05) is 102 Å². The summed E-state index contributed by atoms with van der Waals surface area (Å²) >= 11 is 0. The number of alkyl halides is 3. The van der Waals surface area contributed by atoms with Crippen molar-refractivity contribution in [2.45, 2.75) is 79.5 Å². The van der Waals surface area contributed by atoms with Crippen LogP contribution >= 0.6 is 0 Å². The highest BCUT2D eigenvalue weighted by atomic mass is 32.2. The first-order valence-corrected chi connectivity index (χ1v) is 21.5. The van der Waals surface area contributed by atoms with Gasteiger partial charge in [-0.2, -0.15) is 13.2 Å². The molecule has 0 saturated carbocycles. The van der Waals surface area contributed by atoms with Gasteiger partial charge in [0, 0.05) is 0 Å². The summed E-state index contributed by atoms with van der Waals surface area (Å²) in [6.45, 7) is 11.0. The Morgan fingerprint density at radius 3 is 1.31 bits per heavy atom. The fourth-order valence-electron chi connectivity index (χ4n) is 5.86. The molecule has 10 nitrogen and oxygen atoms in total. The molecule has 0 fully saturated rings. The van der Waals surface area contributed by atoms with Crippen LogP contribution in [0.3, 0.4) is 0 Å². The van der Waals surface area contributed by atoms with Gasteiger partial charge in [-0.3, -0.25) is 0 Å². The number of hydrogen-bond acceptors (Lipinski definition) is 10. The number of halogens is 3. The number of rotatable bonds is 12. The summed E-state index contributed by atoms with van der Waals surface area (Å²) in [5, 5.41) is 4.81. The van der Waals surface area contributed by atoms with Gasteiger partial charge in [0.1, 0.15) is 35.1 Å². The smallest absolute Gasteiger partial charge is 0.485 e. The molecule has 61 heavy (non-hydrogen) atoms. The highest BCUT2D eigenvalue weighted by molar-refractivity contribution is 7.97. The fraction of sp³-hybridized carbons (Fsp3) is 0.261. The van der Waals surface area contributed by atoms with Crippen LogP contribution in [-0.4, -0.2) is 54.8 Å². The van der Waals surface area contributed by atoms with Gasteiger partial charge in [0.15, 0.2) is 38.0 Å². The summed E-state index contributed by atoms with van der Waals surface area (Å²) in [7, 11) is -6.61. The minimum absolute atomic E-state index is 0.177. The average molecular weight is 879 g/mol. The maximum atomic E-state index is 12.2. The van der Waals surface area contributed by atoms with E-state index in [-0.39, 0.29) is 13.2 Å². The fourth-order valence-corrected chi connectivity index (χ4v) is 7.90. The van der Waals surface area contributed by atoms with Crippen molar-refractivity contribution in [2.24, 2.45) is 0 Å². The Kier molecular flexibility index (Phi) is 14.6. The Labute approximate surface area is 355 Å². The molecular formula is C46H45F3O10S2. The first kappa shape index (κ1) is 46.3. The second-order valence-corrected chi connectivity index (χ2v) is 18.9. The minimum atomic E-state index is -6.09. The van der Waals surface area contributed by atoms with Crippen LogP contribution in [0.1, 0.15) is 47.1 Å². The molecular weight excluding hydrogens is 834 g/mol. The van der Waals surface area contributed by atoms with Crippen LogP contribution < -0.4 is 14.2 Å². The van der Waals surface area contributed by atoms with Crippen molar-refractivity contribution in [3.8, 4) is 17.2 Å². The molecule has 15 heteroatoms. The number of fused-ring (bicyclic) bond motifs is 3. The van der Waals surface area contributed by atoms with Crippen molar-refractivity contribution in [3.63, 3.8) is 0 Å². The van der Waals surface area contributed by atoms with E-state index >= 15 is 0 Å². The molecule has 0 bridgehead atoms. The van der Waals surface area contributed by atoms with E-state index in [0.717, 1.165) is 26.0 Å². The Bertz CT molecular complexity index is 2470. The maximum Gasteiger partial charge on any atom is 0.485 e. The molecule has 0 saturated heterocycles. The zero-order chi connectivity index (χ0) is 44.6. The molecule has 0 aliphatic rings. The lowest BCUT2D eigenvalue weighted by atomic mass is 9.98. The van der Waals surface area contributed by atoms with E-state index < -0.39 is 49.7 Å². The average Bonchev–Trinajstić information content (AvgIpc) is 3.18. The lowest BCUT2D eigenvalue weighted by molar-refractivity contribution is -0.158. The predicted octanol–water partition coefficient (Wildman–Crippen LogP) is 10.2. The quantitative estimate of drug-likeness (QED) is 0.0384. The second kappa shape index (κ2) is 19.3. The molecule has 6 rings (SSSR count). The summed E-state index contributed by atoms with van der Waals surface area (Å²) in [5.41, 5.74) is -5.68. The van der Waals surface area contributed by atoms with Gasteiger partial charge in [-0.05, 0) is 148 Å². The van der Waals surface area contributed by atoms with E-state index in [0.29, 0.717) is 18.1 Å². The molecule has 0 spiro atoms. The van der Waals surface area contributed by atoms with Gasteiger partial charge in [-0.15, -0.1) is 0 Å². The van der Waals surface area contributed by atoms with Crippen LogP contribution in [0.4, 0.5) is 13.2 Å². The van der Waals surface area contributed by atoms with Crippen molar-refractivity contribution in [1.82, 2.24) is 0 Å². The zero-order valence-electron chi connectivity index (χ0n) is 34.3. The summed E-state index contributed by atoms with van der Waals surface area (Å²) < 4.78 is 87.5. The Hall–Kier alpha value is -5.77. The standard InChI is InChI=1S/C45H45O7S.CHF3O3S/c1-44(2,3)51-42(46)29-49-34-17-23-37(24-18-34)53(38-25-19-35(20-26-38)50-30-43(47)52-45(4,5)6)36-21-15-33(16-22-36)48-28-32-27-31-11-7-8-12-39(31)41-14-10-9-13-40(32)41;2-1(3,4)8(5,6)7/h7-27H,28-30H2,1-6H3;(H,5,6,7)/q+1;/p-1. The van der Waals surface area contributed by atoms with E-state index in [4.69, 9.17) is 36.7 Å². The zero-order valence-corrected chi connectivity index (χ0v) is 35.9. The van der Waals surface area contributed by atoms with Gasteiger partial charge in [0.05, 0.1) is 10.9 Å². The molecule has 0 N–H and O–H groups in total. The molecule has 0 aromatic heterocycles. The van der Waals surface area contributed by atoms with E-state index in [2.05, 4.69) is 66.7 Å². The highest BCUT2D eigenvalue weighted by Crippen LogP contribution is 2.35. The Morgan fingerprint density at radius 2 is 0.918 bits per heavy atom. The van der Waals surface area contributed by atoms with Gasteiger partial charge in [-0.25, -0.2) is 18.0 Å². The third kappa shape index (κ3) is 13.6. The Balaban J connectivity index is 0.000000800. The summed E-state index contributed by atoms with van der Waals surface area (Å²) in [6.07, 6.45) is 0. The maximum absolute atomic E-state index is 12.2. The van der Waals surface area contributed by atoms with Crippen LogP contribution in [0.25, 0.3) is 21.5 Å². The van der Waals surface area contributed by atoms with E-state index in [1.54, 1.807) is 0 Å². The third-order valence-electron chi connectivity index (χ3n) is 8.26. The van der Waals surface area contributed by atoms with Crippen LogP contribution in [0.2, 0.25) is 0 Å². The molecule has 6 aromatic carbocycles. The SMILES string of the molecule is CC(C)(C)OC(=O)COc1ccc([S+](c2ccc(OCC(=O)OC(C)(C)C)cc2)c2ccc(OCc3cc4ccccc4c4ccccc34)cc2)cc1.O=S(=O)([O-])C(F)(F)F. The topological polar surface area (TPSA) is 137 Å². The van der Waals surface area contributed by atoms with Gasteiger partial charge in [-0.1, -0.05) is 48.5 Å². The van der Waals surface area contributed by atoms with Gasteiger partial charge in [0.25, 0.3) is 0 Å². The summed E-state index contributed by atoms with van der Waals surface area (Å²) in [5.74, 6) is 1.06. The number of carbonyl (C=O) groups excluding carboxylic acids is 2. The molecule has 0 aliphatic carbocycles. The van der Waals surface area contributed by atoms with Crippen molar-refractivity contribution < 1.29 is 59.4 Å². The number of hydrogen-bond donors (Lipinski definition) is 0. The normalized spacial score (nSPS) is 12.0. The number of carbonyl (C=O) groups is 2. The van der Waals surface area contributed by atoms with E-state index in [1.165, 1.54) is 21.5 Å². The number of benzene rings is 6. The summed E-state index contributed by atoms with van der Waals surface area (Å²) in [6, 6.07) is 42.8. The van der Waals surface area contributed by atoms with Crippen molar-refractivity contribution in [2.75, 3.05) is 13.2 Å². The first-order chi connectivity index (χ1) is 28.6. The van der Waals surface area contributed by atoms with Crippen LogP contribution in [-0.2, 0) is 46.7 Å². The molecule has 0 aliphatic heterocycles. The second-order valence-electron chi connectivity index (χ2n) is 15.5. The molecule has 0 unspecified atom stereocenters. The van der Waals surface area contributed by atoms with Crippen molar-refractivity contribution >= 4 is 54.5 Å². The largest absolute Gasteiger partial charge is 0.741 e. The highest BCUT2D eigenvalue weighted by Gasteiger charge is 2.37. The lowest BCUT2D eigenvalue weighted by Crippen LogP contribution is -2.27. The Morgan fingerprint density at radius 1 is 0.557 bits per heavy atom. The van der Waals surface area contributed by atoms with Gasteiger partial charge < -0.3 is 28.2 Å². The third-order valence-corrected chi connectivity index (χ3v) is 11.1. The van der Waals surface area contributed by atoms with Crippen LogP contribution in [0, 0.1) is 0 Å². The van der Waals surface area contributed by atoms with Crippen LogP contribution in [0.5, 0.6) is 17.2 Å². The molecule has 0 radical (unpaired) electrons. The van der Waals surface area contributed by atoms with Crippen molar-refractivity contribution in [3.05, 3.63) is 133 Å². The van der Waals surface area contributed by atoms with E-state index in [9.17, 15) is 22.8 Å². The minimum Gasteiger partial charge on any atom is -0.741 e. The predicted molar refractivity (Wildman–Crippen MR) is 226 cm³/mol. The molecule has 0 heterocycles. The number of esters is 2. The first-order valence-electron chi connectivity index (χ1n) is 18.8. The number of ether oxygens (including phenoxy) is 5. The van der Waals surface area contributed by atoms with Crippen LogP contribution in [0.15, 0.2) is 142 Å². The van der Waals surface area contributed by atoms with Gasteiger partial charge >= 0.3 is 17.4 Å². The monoisotopic (exact) mass is 878 g/mol. The molecule has 322 valence electrons. The van der Waals surface area contributed by atoms with Crippen molar-refractivity contribution in [1.29, 1.82) is 0 Å². The molecule has 0 atom stereocenters.